The maximum absolute atomic E-state index is 4.01. The minimum atomic E-state index is 1.11. The van der Waals surface area contributed by atoms with Crippen LogP contribution in [-0.2, 0) is 6.42 Å². The molecule has 2 nitrogen and oxygen atoms in total. The van der Waals surface area contributed by atoms with Crippen molar-refractivity contribution in [2.75, 3.05) is 9.80 Å². The SMILES string of the molecule is C=Cc1ccc(N(c2ccccc2)c2ccc(-c3ccc(N(c4ccc(CCCC)cc4)c4ccc(C=C)c(C)c4)c(C)c3)cc2C)cc1C. The zero-order valence-corrected chi connectivity index (χ0v) is 30.2. The Kier molecular flexibility index (Phi) is 10.5. The Morgan fingerprint density at radius 2 is 0.940 bits per heavy atom. The molecule has 0 spiro atoms. The Hall–Kier alpha value is -5.60. The van der Waals surface area contributed by atoms with Crippen LogP contribution >= 0.6 is 0 Å². The summed E-state index contributed by atoms with van der Waals surface area (Å²) in [6, 6.07) is 46.6. The number of anilines is 6. The summed E-state index contributed by atoms with van der Waals surface area (Å²) in [5.74, 6) is 0. The molecule has 0 saturated carbocycles. The first-order chi connectivity index (χ1) is 24.3. The molecule has 0 heterocycles. The van der Waals surface area contributed by atoms with Crippen LogP contribution in [0.1, 0.15) is 58.7 Å². The molecule has 0 aliphatic heterocycles. The Labute approximate surface area is 299 Å². The van der Waals surface area contributed by atoms with Crippen molar-refractivity contribution in [2.45, 2.75) is 53.9 Å². The van der Waals surface area contributed by atoms with Crippen molar-refractivity contribution in [1.29, 1.82) is 0 Å². The van der Waals surface area contributed by atoms with Gasteiger partial charge in [0.15, 0.2) is 0 Å². The fraction of sp³-hybridized carbons (Fsp3) is 0.167. The van der Waals surface area contributed by atoms with Crippen molar-refractivity contribution in [3.8, 4) is 11.1 Å². The van der Waals surface area contributed by atoms with Crippen molar-refractivity contribution in [1.82, 2.24) is 0 Å². The second kappa shape index (κ2) is 15.3. The molecule has 0 aliphatic rings. The first-order valence-corrected chi connectivity index (χ1v) is 17.7. The number of unbranched alkanes of at least 4 members (excludes halogenated alkanes) is 1. The van der Waals surface area contributed by atoms with E-state index in [1.807, 2.05) is 12.2 Å². The molecule has 2 heteroatoms. The monoisotopic (exact) mass is 652 g/mol. The quantitative estimate of drug-likeness (QED) is 0.130. The van der Waals surface area contributed by atoms with Gasteiger partial charge < -0.3 is 9.80 Å². The maximum Gasteiger partial charge on any atom is 0.0491 e. The number of benzene rings is 6. The summed E-state index contributed by atoms with van der Waals surface area (Å²) in [5, 5.41) is 0. The number of nitrogens with zero attached hydrogens (tertiary/aromatic N) is 2. The van der Waals surface area contributed by atoms with Gasteiger partial charge in [-0.15, -0.1) is 0 Å². The minimum Gasteiger partial charge on any atom is -0.310 e. The summed E-state index contributed by atoms with van der Waals surface area (Å²) in [4.78, 5) is 4.73. The van der Waals surface area contributed by atoms with Gasteiger partial charge in [0.1, 0.15) is 0 Å². The molecule has 250 valence electrons. The fourth-order valence-electron chi connectivity index (χ4n) is 6.85. The second-order valence-corrected chi connectivity index (χ2v) is 13.3. The summed E-state index contributed by atoms with van der Waals surface area (Å²) in [6.07, 6.45) is 7.37. The zero-order valence-electron chi connectivity index (χ0n) is 30.2. The third-order valence-corrected chi connectivity index (χ3v) is 9.70. The molecule has 0 atom stereocenters. The highest BCUT2D eigenvalue weighted by Gasteiger charge is 2.18. The Morgan fingerprint density at radius 3 is 1.36 bits per heavy atom. The molecule has 0 aromatic heterocycles. The lowest BCUT2D eigenvalue weighted by Crippen LogP contribution is -2.12. The second-order valence-electron chi connectivity index (χ2n) is 13.3. The van der Waals surface area contributed by atoms with E-state index in [0.717, 1.165) is 46.0 Å². The molecular weight excluding hydrogens is 605 g/mol. The summed E-state index contributed by atoms with van der Waals surface area (Å²) in [5.41, 5.74) is 17.8. The van der Waals surface area contributed by atoms with Crippen molar-refractivity contribution in [2.24, 2.45) is 0 Å². The molecule has 0 bridgehead atoms. The number of hydrogen-bond acceptors (Lipinski definition) is 2. The van der Waals surface area contributed by atoms with Gasteiger partial charge in [-0.1, -0.05) is 93.3 Å². The van der Waals surface area contributed by atoms with Gasteiger partial charge in [-0.05, 0) is 163 Å². The van der Waals surface area contributed by atoms with Gasteiger partial charge >= 0.3 is 0 Å². The van der Waals surface area contributed by atoms with Crippen LogP contribution in [0.3, 0.4) is 0 Å². The molecular formula is C48H48N2. The summed E-state index contributed by atoms with van der Waals surface area (Å²) in [7, 11) is 0. The summed E-state index contributed by atoms with van der Waals surface area (Å²) in [6.45, 7) is 19.0. The average Bonchev–Trinajstić information content (AvgIpc) is 3.13. The predicted molar refractivity (Wildman–Crippen MR) is 219 cm³/mol. The highest BCUT2D eigenvalue weighted by atomic mass is 15.1. The molecule has 0 unspecified atom stereocenters. The molecule has 0 radical (unpaired) electrons. The standard InChI is InChI=1S/C48H48N2/c1-8-11-15-38-18-24-44(25-19-38)50(46-27-21-40(10-3)35(5)33-46)48-29-23-42(31-37(48)7)41-22-28-47(36(6)30-41)49(43-16-13-12-14-17-43)45-26-20-39(9-2)34(4)32-45/h9-10,12-14,16-33H,2-3,8,11,15H2,1,4-7H3. The highest BCUT2D eigenvalue weighted by molar-refractivity contribution is 5.84. The normalized spacial score (nSPS) is 10.9. The van der Waals surface area contributed by atoms with Crippen molar-refractivity contribution in [3.05, 3.63) is 179 Å². The molecule has 0 aliphatic carbocycles. The van der Waals surface area contributed by atoms with Gasteiger partial charge in [0.2, 0.25) is 0 Å². The van der Waals surface area contributed by atoms with E-state index in [4.69, 9.17) is 0 Å². The van der Waals surface area contributed by atoms with Crippen molar-refractivity contribution < 1.29 is 0 Å². The topological polar surface area (TPSA) is 6.48 Å². The van der Waals surface area contributed by atoms with E-state index in [9.17, 15) is 0 Å². The fourth-order valence-corrected chi connectivity index (χ4v) is 6.85. The van der Waals surface area contributed by atoms with Crippen LogP contribution < -0.4 is 9.80 Å². The minimum absolute atomic E-state index is 1.11. The van der Waals surface area contributed by atoms with Crippen molar-refractivity contribution in [3.63, 3.8) is 0 Å². The van der Waals surface area contributed by atoms with Crippen LogP contribution in [0.4, 0.5) is 34.1 Å². The molecule has 6 aromatic carbocycles. The van der Waals surface area contributed by atoms with Crippen LogP contribution in [0.25, 0.3) is 23.3 Å². The average molecular weight is 653 g/mol. The molecule has 0 N–H and O–H groups in total. The third kappa shape index (κ3) is 7.21. The Morgan fingerprint density at radius 1 is 0.480 bits per heavy atom. The van der Waals surface area contributed by atoms with Gasteiger partial charge in [-0.3, -0.25) is 0 Å². The van der Waals surface area contributed by atoms with Gasteiger partial charge in [0.25, 0.3) is 0 Å². The van der Waals surface area contributed by atoms with Gasteiger partial charge in [-0.2, -0.15) is 0 Å². The lowest BCUT2D eigenvalue weighted by molar-refractivity contribution is 0.795. The van der Waals surface area contributed by atoms with E-state index < -0.39 is 0 Å². The highest BCUT2D eigenvalue weighted by Crippen LogP contribution is 2.41. The largest absolute Gasteiger partial charge is 0.310 e. The number of rotatable bonds is 12. The first-order valence-electron chi connectivity index (χ1n) is 17.7. The van der Waals surface area contributed by atoms with E-state index in [1.54, 1.807) is 0 Å². The number of para-hydroxylation sites is 1. The smallest absolute Gasteiger partial charge is 0.0491 e. The third-order valence-electron chi connectivity index (χ3n) is 9.70. The number of hydrogen-bond donors (Lipinski definition) is 0. The van der Waals surface area contributed by atoms with E-state index >= 15 is 0 Å². The zero-order chi connectivity index (χ0) is 35.2. The molecule has 0 saturated heterocycles. The van der Waals surface area contributed by atoms with Crippen LogP contribution in [0.5, 0.6) is 0 Å². The molecule has 0 amide bonds. The lowest BCUT2D eigenvalue weighted by atomic mass is 9.98. The molecule has 6 aromatic rings. The van der Waals surface area contributed by atoms with Gasteiger partial charge in [-0.25, -0.2) is 0 Å². The van der Waals surface area contributed by atoms with Gasteiger partial charge in [0.05, 0.1) is 0 Å². The van der Waals surface area contributed by atoms with Crippen LogP contribution in [0.2, 0.25) is 0 Å². The van der Waals surface area contributed by atoms with E-state index in [2.05, 4.69) is 185 Å². The van der Waals surface area contributed by atoms with E-state index in [1.165, 1.54) is 57.5 Å². The van der Waals surface area contributed by atoms with E-state index in [0.29, 0.717) is 0 Å². The Balaban J connectivity index is 1.38. The predicted octanol–water partition coefficient (Wildman–Crippen LogP) is 14.2. The van der Waals surface area contributed by atoms with Crippen LogP contribution in [0, 0.1) is 27.7 Å². The molecule has 50 heavy (non-hydrogen) atoms. The maximum atomic E-state index is 4.01. The van der Waals surface area contributed by atoms with Gasteiger partial charge in [0, 0.05) is 34.1 Å². The Bertz CT molecular complexity index is 2120. The first kappa shape index (κ1) is 34.3. The molecule has 6 rings (SSSR count). The van der Waals surface area contributed by atoms with Crippen LogP contribution in [-0.4, -0.2) is 0 Å². The van der Waals surface area contributed by atoms with E-state index in [-0.39, 0.29) is 0 Å². The van der Waals surface area contributed by atoms with Crippen molar-refractivity contribution >= 4 is 46.3 Å². The number of aryl methyl sites for hydroxylation is 5. The summed E-state index contributed by atoms with van der Waals surface area (Å²) >= 11 is 0. The summed E-state index contributed by atoms with van der Waals surface area (Å²) < 4.78 is 0. The lowest BCUT2D eigenvalue weighted by Gasteiger charge is -2.29. The van der Waals surface area contributed by atoms with Crippen LogP contribution in [0.15, 0.2) is 141 Å². The molecule has 0 fully saturated rings.